The summed E-state index contributed by atoms with van der Waals surface area (Å²) < 4.78 is 0. The minimum absolute atomic E-state index is 0.279. The first kappa shape index (κ1) is 17.0. The van der Waals surface area contributed by atoms with Gasteiger partial charge in [0.1, 0.15) is 0 Å². The molecule has 3 aromatic carbocycles. The Kier molecular flexibility index (Phi) is 4.85. The summed E-state index contributed by atoms with van der Waals surface area (Å²) in [6, 6.07) is 20.2. The molecule has 0 aromatic heterocycles. The van der Waals surface area contributed by atoms with Crippen molar-refractivity contribution >= 4 is 34.6 Å². The number of carbonyl (C=O) groups is 2. The highest BCUT2D eigenvalue weighted by Gasteiger charge is 2.10. The van der Waals surface area contributed by atoms with Crippen molar-refractivity contribution in [2.75, 3.05) is 22.1 Å². The highest BCUT2D eigenvalue weighted by atomic mass is 16.2. The van der Waals surface area contributed by atoms with Crippen molar-refractivity contribution < 1.29 is 9.59 Å². The molecule has 6 heteroatoms. The van der Waals surface area contributed by atoms with Crippen LogP contribution in [0.15, 0.2) is 72.8 Å². The van der Waals surface area contributed by atoms with Crippen molar-refractivity contribution in [2.45, 2.75) is 0 Å². The van der Waals surface area contributed by atoms with Gasteiger partial charge in [-0.1, -0.05) is 12.1 Å². The number of nitrogens with two attached hydrogens (primary N) is 2. The average molecular weight is 346 g/mol. The zero-order valence-corrected chi connectivity index (χ0v) is 13.9. The number of rotatable bonds is 4. The Balaban J connectivity index is 1.67. The Bertz CT molecular complexity index is 874. The Morgan fingerprint density at radius 2 is 1.00 bits per heavy atom. The van der Waals surface area contributed by atoms with Gasteiger partial charge in [-0.15, -0.1) is 0 Å². The van der Waals surface area contributed by atoms with E-state index in [4.69, 9.17) is 11.5 Å². The Hall–Kier alpha value is -3.80. The van der Waals surface area contributed by atoms with Crippen LogP contribution in [0.4, 0.5) is 22.7 Å². The van der Waals surface area contributed by atoms with E-state index in [2.05, 4.69) is 10.6 Å². The van der Waals surface area contributed by atoms with Gasteiger partial charge in [0, 0.05) is 33.9 Å². The number of nitrogens with one attached hydrogen (secondary N) is 2. The van der Waals surface area contributed by atoms with Crippen molar-refractivity contribution in [1.29, 1.82) is 0 Å². The third-order valence-corrected chi connectivity index (χ3v) is 3.70. The second-order valence-corrected chi connectivity index (χ2v) is 5.74. The van der Waals surface area contributed by atoms with Gasteiger partial charge in [-0.25, -0.2) is 0 Å². The van der Waals surface area contributed by atoms with Gasteiger partial charge in [0.15, 0.2) is 0 Å². The summed E-state index contributed by atoms with van der Waals surface area (Å²) in [5.41, 5.74) is 14.6. The molecule has 2 amide bonds. The van der Waals surface area contributed by atoms with Crippen LogP contribution in [0.2, 0.25) is 0 Å². The normalized spacial score (nSPS) is 10.2. The van der Waals surface area contributed by atoms with E-state index in [1.54, 1.807) is 72.8 Å². The molecule has 0 bridgehead atoms. The van der Waals surface area contributed by atoms with Gasteiger partial charge in [-0.05, 0) is 60.7 Å². The molecule has 0 aliphatic heterocycles. The molecule has 26 heavy (non-hydrogen) atoms. The Morgan fingerprint density at radius 3 is 1.35 bits per heavy atom. The molecule has 0 heterocycles. The van der Waals surface area contributed by atoms with E-state index in [1.807, 2.05) is 0 Å². The fourth-order valence-corrected chi connectivity index (χ4v) is 2.41. The van der Waals surface area contributed by atoms with E-state index in [1.165, 1.54) is 0 Å². The standard InChI is InChI=1S/C20H18N4O2/c21-15-3-1-5-17(11-15)23-19(25)13-7-9-14(10-8-13)20(26)24-18-6-2-4-16(22)12-18/h1-12H,21-22H2,(H,23,25)(H,24,26). The van der Waals surface area contributed by atoms with Crippen LogP contribution in [0.25, 0.3) is 0 Å². The summed E-state index contributed by atoms with van der Waals surface area (Å²) in [5, 5.41) is 5.52. The smallest absolute Gasteiger partial charge is 0.255 e. The summed E-state index contributed by atoms with van der Waals surface area (Å²) in [4.78, 5) is 24.5. The van der Waals surface area contributed by atoms with Gasteiger partial charge < -0.3 is 22.1 Å². The SMILES string of the molecule is Nc1cccc(NC(=O)c2ccc(C(=O)Nc3cccc(N)c3)cc2)c1. The third-order valence-electron chi connectivity index (χ3n) is 3.70. The second-order valence-electron chi connectivity index (χ2n) is 5.74. The van der Waals surface area contributed by atoms with E-state index < -0.39 is 0 Å². The van der Waals surface area contributed by atoms with Gasteiger partial charge in [0.2, 0.25) is 0 Å². The van der Waals surface area contributed by atoms with E-state index in [0.717, 1.165) is 0 Å². The molecule has 130 valence electrons. The maximum Gasteiger partial charge on any atom is 0.255 e. The molecule has 0 spiro atoms. The maximum absolute atomic E-state index is 12.3. The van der Waals surface area contributed by atoms with E-state index in [0.29, 0.717) is 33.9 Å². The van der Waals surface area contributed by atoms with Crippen molar-refractivity contribution in [1.82, 2.24) is 0 Å². The molecule has 6 nitrogen and oxygen atoms in total. The summed E-state index contributed by atoms with van der Waals surface area (Å²) >= 11 is 0. The zero-order chi connectivity index (χ0) is 18.5. The lowest BCUT2D eigenvalue weighted by atomic mass is 10.1. The lowest BCUT2D eigenvalue weighted by Crippen LogP contribution is -2.14. The first-order valence-electron chi connectivity index (χ1n) is 7.95. The second kappa shape index (κ2) is 7.40. The summed E-state index contributed by atoms with van der Waals surface area (Å²) in [5.74, 6) is -0.559. The highest BCUT2D eigenvalue weighted by Crippen LogP contribution is 2.15. The quantitative estimate of drug-likeness (QED) is 0.543. The Labute approximate surface area is 150 Å². The first-order valence-corrected chi connectivity index (χ1v) is 7.95. The van der Waals surface area contributed by atoms with E-state index in [-0.39, 0.29) is 11.8 Å². The van der Waals surface area contributed by atoms with Crippen LogP contribution >= 0.6 is 0 Å². The molecule has 0 aliphatic carbocycles. The molecule has 0 saturated carbocycles. The van der Waals surface area contributed by atoms with Gasteiger partial charge in [-0.2, -0.15) is 0 Å². The maximum atomic E-state index is 12.3. The molecule has 3 aromatic rings. The van der Waals surface area contributed by atoms with Crippen LogP contribution in [0.3, 0.4) is 0 Å². The molecule has 0 atom stereocenters. The zero-order valence-electron chi connectivity index (χ0n) is 13.9. The summed E-state index contributed by atoms with van der Waals surface area (Å²) in [6.45, 7) is 0. The third kappa shape index (κ3) is 4.18. The minimum atomic E-state index is -0.279. The largest absolute Gasteiger partial charge is 0.399 e. The predicted molar refractivity (Wildman–Crippen MR) is 104 cm³/mol. The van der Waals surface area contributed by atoms with Crippen LogP contribution in [-0.4, -0.2) is 11.8 Å². The molecule has 0 fully saturated rings. The molecule has 6 N–H and O–H groups in total. The van der Waals surface area contributed by atoms with Gasteiger partial charge >= 0.3 is 0 Å². The van der Waals surface area contributed by atoms with Crippen LogP contribution in [-0.2, 0) is 0 Å². The van der Waals surface area contributed by atoms with Crippen molar-refractivity contribution in [3.63, 3.8) is 0 Å². The number of nitrogen functional groups attached to an aromatic ring is 2. The highest BCUT2D eigenvalue weighted by molar-refractivity contribution is 6.07. The predicted octanol–water partition coefficient (Wildman–Crippen LogP) is 3.36. The first-order chi connectivity index (χ1) is 12.5. The number of hydrogen-bond donors (Lipinski definition) is 4. The number of amides is 2. The van der Waals surface area contributed by atoms with Crippen molar-refractivity contribution in [3.8, 4) is 0 Å². The summed E-state index contributed by atoms with van der Waals surface area (Å²) in [6.07, 6.45) is 0. The van der Waals surface area contributed by atoms with Crippen LogP contribution < -0.4 is 22.1 Å². The van der Waals surface area contributed by atoms with E-state index in [9.17, 15) is 9.59 Å². The lowest BCUT2D eigenvalue weighted by Gasteiger charge is -2.08. The average Bonchev–Trinajstić information content (AvgIpc) is 2.62. The molecular weight excluding hydrogens is 328 g/mol. The number of anilines is 4. The minimum Gasteiger partial charge on any atom is -0.399 e. The molecule has 3 rings (SSSR count). The molecule has 0 unspecified atom stereocenters. The van der Waals surface area contributed by atoms with E-state index >= 15 is 0 Å². The van der Waals surface area contributed by atoms with Gasteiger partial charge in [-0.3, -0.25) is 9.59 Å². The van der Waals surface area contributed by atoms with Crippen molar-refractivity contribution in [3.05, 3.63) is 83.9 Å². The van der Waals surface area contributed by atoms with Crippen LogP contribution in [0.1, 0.15) is 20.7 Å². The molecule has 0 saturated heterocycles. The van der Waals surface area contributed by atoms with Crippen LogP contribution in [0.5, 0.6) is 0 Å². The fraction of sp³-hybridized carbons (Fsp3) is 0. The van der Waals surface area contributed by atoms with Crippen molar-refractivity contribution in [2.24, 2.45) is 0 Å². The number of benzene rings is 3. The number of carbonyl (C=O) groups excluding carboxylic acids is 2. The van der Waals surface area contributed by atoms with Gasteiger partial charge in [0.05, 0.1) is 0 Å². The Morgan fingerprint density at radius 1 is 0.615 bits per heavy atom. The molecule has 0 radical (unpaired) electrons. The van der Waals surface area contributed by atoms with Gasteiger partial charge in [0.25, 0.3) is 11.8 Å². The number of hydrogen-bond acceptors (Lipinski definition) is 4. The molecule has 0 aliphatic rings. The summed E-state index contributed by atoms with van der Waals surface area (Å²) in [7, 11) is 0. The lowest BCUT2D eigenvalue weighted by molar-refractivity contribution is 0.101. The topological polar surface area (TPSA) is 110 Å². The molecular formula is C20H18N4O2. The fourth-order valence-electron chi connectivity index (χ4n) is 2.41. The van der Waals surface area contributed by atoms with Crippen LogP contribution in [0, 0.1) is 0 Å². The monoisotopic (exact) mass is 346 g/mol.